The summed E-state index contributed by atoms with van der Waals surface area (Å²) < 4.78 is 32.9. The summed E-state index contributed by atoms with van der Waals surface area (Å²) in [5.74, 6) is -1.77. The molecule has 5 heterocycles. The lowest BCUT2D eigenvalue weighted by atomic mass is 9.96. The number of carbonyl (C=O) groups is 2. The van der Waals surface area contributed by atoms with Crippen molar-refractivity contribution in [1.29, 1.82) is 0 Å². The Morgan fingerprint density at radius 1 is 1.00 bits per heavy atom. The van der Waals surface area contributed by atoms with E-state index in [9.17, 15) is 14.7 Å². The minimum absolute atomic E-state index is 0.0327. The number of halogens is 3. The van der Waals surface area contributed by atoms with Crippen LogP contribution in [0.25, 0.3) is 11.1 Å². The van der Waals surface area contributed by atoms with Crippen molar-refractivity contribution in [2.45, 2.75) is 50.0 Å². The molecule has 2 unspecified atom stereocenters. The Balaban J connectivity index is 1.04. The summed E-state index contributed by atoms with van der Waals surface area (Å²) in [7, 11) is 1.72. The first-order valence-corrected chi connectivity index (χ1v) is 17.4. The topological polar surface area (TPSA) is 95.0 Å². The van der Waals surface area contributed by atoms with Gasteiger partial charge in [0.2, 0.25) is 0 Å². The van der Waals surface area contributed by atoms with Gasteiger partial charge in [-0.3, -0.25) is 9.69 Å². The summed E-state index contributed by atoms with van der Waals surface area (Å²) in [6.45, 7) is 4.52. The molecule has 8 rings (SSSR count). The van der Waals surface area contributed by atoms with E-state index in [1.165, 1.54) is 4.90 Å². The number of fused-ring (bicyclic) bond motifs is 5. The number of nitrogens with zero attached hydrogens (tertiary/aromatic N) is 4. The molecule has 49 heavy (non-hydrogen) atoms. The van der Waals surface area contributed by atoms with Crippen molar-refractivity contribution in [3.05, 3.63) is 75.0 Å². The lowest BCUT2D eigenvalue weighted by Gasteiger charge is -2.37. The van der Waals surface area contributed by atoms with Gasteiger partial charge in [-0.2, -0.15) is 0 Å². The van der Waals surface area contributed by atoms with Gasteiger partial charge < -0.3 is 34.0 Å². The normalized spacial score (nSPS) is 24.4. The largest absolute Gasteiger partial charge is 0.478 e. The average molecular weight is 712 g/mol. The van der Waals surface area contributed by atoms with Gasteiger partial charge in [-0.25, -0.2) is 9.18 Å². The zero-order chi connectivity index (χ0) is 34.0. The number of morpholine rings is 1. The molecule has 0 aromatic heterocycles. The average Bonchev–Trinajstić information content (AvgIpc) is 3.76. The number of rotatable bonds is 8. The van der Waals surface area contributed by atoms with E-state index in [4.69, 9.17) is 37.4 Å². The molecule has 4 saturated heterocycles. The van der Waals surface area contributed by atoms with Crippen LogP contribution in [-0.2, 0) is 16.0 Å². The molecule has 3 aromatic rings. The lowest BCUT2D eigenvalue weighted by Crippen LogP contribution is -2.47. The van der Waals surface area contributed by atoms with E-state index in [0.29, 0.717) is 54.5 Å². The maximum Gasteiger partial charge on any atom is 0.337 e. The van der Waals surface area contributed by atoms with Crippen LogP contribution in [0.5, 0.6) is 5.75 Å². The van der Waals surface area contributed by atoms with E-state index in [2.05, 4.69) is 14.7 Å². The summed E-state index contributed by atoms with van der Waals surface area (Å²) in [5, 5.41) is 10.5. The number of hydrogen-bond acceptors (Lipinski definition) is 8. The molecule has 1 N–H and O–H groups in total. The highest BCUT2D eigenvalue weighted by Crippen LogP contribution is 2.44. The number of carbonyl (C=O) groups excluding carboxylic acids is 1. The van der Waals surface area contributed by atoms with Gasteiger partial charge in [0.15, 0.2) is 6.73 Å². The number of anilines is 2. The van der Waals surface area contributed by atoms with Crippen molar-refractivity contribution in [2.75, 3.05) is 63.1 Å². The molecular formula is C36H37Cl2FN4O6. The first kappa shape index (κ1) is 32.6. The molecule has 0 aliphatic carbocycles. The molecule has 4 fully saturated rings. The third-order valence-electron chi connectivity index (χ3n) is 10.7. The number of amides is 1. The summed E-state index contributed by atoms with van der Waals surface area (Å²) in [6.07, 6.45) is 2.83. The predicted molar refractivity (Wildman–Crippen MR) is 184 cm³/mol. The molecule has 4 atom stereocenters. The maximum atomic E-state index is 15.7. The number of methoxy groups -OCH3 is 1. The third kappa shape index (κ3) is 5.69. The summed E-state index contributed by atoms with van der Waals surface area (Å²) in [5.41, 5.74) is 2.91. The van der Waals surface area contributed by atoms with Crippen molar-refractivity contribution < 1.29 is 33.3 Å². The highest BCUT2D eigenvalue weighted by atomic mass is 35.5. The molecule has 3 aromatic carbocycles. The number of likely N-dealkylation sites (tertiary alicyclic amines) is 1. The standard InChI is InChI=1S/C36H37Cl2FN4O6/c1-47-8-7-40-15-25-9-24(40)16-42(25)23-10-29(37)33(30(38)11-23)35(44)41-14-20-3-2-4-26(34(20)49-19-41)27-13-32(28(36(45)46)12-31(27)39)43-21-5-6-22(43)18-48-17-21/h2-4,10-13,21-22,24-25H,5-9,14-19H2,1H3,(H,45,46)/t21?,22?,24-,25-/m0/s1. The van der Waals surface area contributed by atoms with Gasteiger partial charge in [0.05, 0.1) is 65.3 Å². The number of aromatic carboxylic acids is 1. The van der Waals surface area contributed by atoms with Crippen LogP contribution in [0.3, 0.4) is 0 Å². The molecule has 0 saturated carbocycles. The first-order chi connectivity index (χ1) is 23.7. The molecule has 5 aliphatic heterocycles. The molecular weight excluding hydrogens is 674 g/mol. The SMILES string of the molecule is COCCN1C[C@@H]2C[C@H]1CN2c1cc(Cl)c(C(=O)N2COc3c(cccc3-c3cc(N4C5CCC4COC5)c(C(=O)O)cc3F)C2)c(Cl)c1. The number of benzene rings is 3. The second kappa shape index (κ2) is 12.9. The summed E-state index contributed by atoms with van der Waals surface area (Å²) >= 11 is 13.5. The van der Waals surface area contributed by atoms with Crippen LogP contribution < -0.4 is 14.5 Å². The molecule has 0 spiro atoms. The van der Waals surface area contributed by atoms with Crippen molar-refractivity contribution >= 4 is 46.5 Å². The highest BCUT2D eigenvalue weighted by Gasteiger charge is 2.44. The van der Waals surface area contributed by atoms with Gasteiger partial charge >= 0.3 is 5.97 Å². The zero-order valence-corrected chi connectivity index (χ0v) is 28.6. The van der Waals surface area contributed by atoms with E-state index < -0.39 is 11.8 Å². The lowest BCUT2D eigenvalue weighted by molar-refractivity contribution is 0.0516. The van der Waals surface area contributed by atoms with Gasteiger partial charge in [-0.1, -0.05) is 41.4 Å². The fourth-order valence-electron chi connectivity index (χ4n) is 8.43. The van der Waals surface area contributed by atoms with Crippen molar-refractivity contribution in [3.63, 3.8) is 0 Å². The summed E-state index contributed by atoms with van der Waals surface area (Å²) in [6, 6.07) is 12.6. The van der Waals surface area contributed by atoms with Gasteiger partial charge in [0.25, 0.3) is 5.91 Å². The number of carboxylic acid groups (broad SMARTS) is 1. The van der Waals surface area contributed by atoms with Crippen LogP contribution in [0.4, 0.5) is 15.8 Å². The van der Waals surface area contributed by atoms with Crippen LogP contribution in [0, 0.1) is 5.82 Å². The van der Waals surface area contributed by atoms with Gasteiger partial charge in [0, 0.05) is 61.2 Å². The molecule has 4 bridgehead atoms. The second-order valence-corrected chi connectivity index (χ2v) is 14.3. The van der Waals surface area contributed by atoms with Crippen LogP contribution >= 0.6 is 23.2 Å². The Morgan fingerprint density at radius 2 is 1.76 bits per heavy atom. The van der Waals surface area contributed by atoms with E-state index in [-0.39, 0.29) is 58.0 Å². The fourth-order valence-corrected chi connectivity index (χ4v) is 9.06. The Morgan fingerprint density at radius 3 is 2.43 bits per heavy atom. The van der Waals surface area contributed by atoms with Crippen molar-refractivity contribution in [3.8, 4) is 16.9 Å². The van der Waals surface area contributed by atoms with E-state index in [1.54, 1.807) is 25.3 Å². The Labute approximate surface area is 293 Å². The van der Waals surface area contributed by atoms with Crippen LogP contribution in [0.2, 0.25) is 10.0 Å². The second-order valence-electron chi connectivity index (χ2n) is 13.5. The van der Waals surface area contributed by atoms with Crippen molar-refractivity contribution in [1.82, 2.24) is 9.80 Å². The Kier molecular flexibility index (Phi) is 8.60. The van der Waals surface area contributed by atoms with Crippen LogP contribution in [-0.4, -0.2) is 104 Å². The van der Waals surface area contributed by atoms with Crippen LogP contribution in [0.15, 0.2) is 42.5 Å². The Hall–Kier alpha value is -3.61. The molecule has 10 nitrogen and oxygen atoms in total. The zero-order valence-electron chi connectivity index (χ0n) is 27.0. The molecule has 5 aliphatic rings. The smallest absolute Gasteiger partial charge is 0.337 e. The molecule has 0 radical (unpaired) electrons. The monoisotopic (exact) mass is 710 g/mol. The minimum Gasteiger partial charge on any atom is -0.478 e. The van der Waals surface area contributed by atoms with Crippen LogP contribution in [0.1, 0.15) is 45.5 Å². The number of carboxylic acids is 1. The molecule has 1 amide bonds. The van der Waals surface area contributed by atoms with Crippen molar-refractivity contribution in [2.24, 2.45) is 0 Å². The van der Waals surface area contributed by atoms with Gasteiger partial charge in [0.1, 0.15) is 11.6 Å². The molecule has 13 heteroatoms. The third-order valence-corrected chi connectivity index (χ3v) is 11.3. The van der Waals surface area contributed by atoms with E-state index in [1.807, 2.05) is 18.2 Å². The maximum absolute atomic E-state index is 15.7. The minimum atomic E-state index is -1.19. The number of piperazine rings is 1. The highest BCUT2D eigenvalue weighted by molar-refractivity contribution is 6.40. The molecule has 258 valence electrons. The number of para-hydroxylation sites is 1. The van der Waals surface area contributed by atoms with Gasteiger partial charge in [-0.05, 0) is 43.5 Å². The fraction of sp³-hybridized carbons (Fsp3) is 0.444. The van der Waals surface area contributed by atoms with Gasteiger partial charge in [-0.15, -0.1) is 0 Å². The number of ether oxygens (including phenoxy) is 3. The number of hydrogen-bond donors (Lipinski definition) is 1. The van der Waals surface area contributed by atoms with E-state index >= 15 is 4.39 Å². The Bertz CT molecular complexity index is 1790. The first-order valence-electron chi connectivity index (χ1n) is 16.7. The summed E-state index contributed by atoms with van der Waals surface area (Å²) in [4.78, 5) is 34.5. The predicted octanol–water partition coefficient (Wildman–Crippen LogP) is 5.77. The van der Waals surface area contributed by atoms with E-state index in [0.717, 1.165) is 50.7 Å². The quantitative estimate of drug-likeness (QED) is 0.313.